The van der Waals surface area contributed by atoms with Gasteiger partial charge in [-0.1, -0.05) is 12.5 Å². The Balaban J connectivity index is 2.27. The van der Waals surface area contributed by atoms with Crippen molar-refractivity contribution in [2.45, 2.75) is 24.7 Å². The van der Waals surface area contributed by atoms with Gasteiger partial charge in [-0.3, -0.25) is 4.79 Å². The van der Waals surface area contributed by atoms with E-state index in [4.69, 9.17) is 0 Å². The van der Waals surface area contributed by atoms with E-state index in [0.29, 0.717) is 29.3 Å². The molecule has 1 aliphatic rings. The van der Waals surface area contributed by atoms with E-state index in [0.717, 1.165) is 6.42 Å². The van der Waals surface area contributed by atoms with E-state index in [1.54, 1.807) is 18.3 Å². The number of halogens is 1. The van der Waals surface area contributed by atoms with Gasteiger partial charge in [0.1, 0.15) is 5.82 Å². The van der Waals surface area contributed by atoms with Crippen molar-refractivity contribution in [3.8, 4) is 0 Å². The Hall–Kier alpha value is -1.84. The molecule has 1 aromatic carbocycles. The minimum absolute atomic E-state index is 0.355. The molecule has 0 aliphatic heterocycles. The van der Waals surface area contributed by atoms with Crippen LogP contribution in [0.5, 0.6) is 0 Å². The molecule has 17 heavy (non-hydrogen) atoms. The topological polar surface area (TPSA) is 53.1 Å². The van der Waals surface area contributed by atoms with Gasteiger partial charge in [0.2, 0.25) is 0 Å². The van der Waals surface area contributed by atoms with E-state index in [-0.39, 0.29) is 5.82 Å². The maximum Gasteiger partial charge on any atom is 0.314 e. The summed E-state index contributed by atoms with van der Waals surface area (Å²) < 4.78 is 13.8. The average molecular weight is 233 g/mol. The zero-order valence-electron chi connectivity index (χ0n) is 9.16. The van der Waals surface area contributed by atoms with Crippen molar-refractivity contribution in [1.82, 2.24) is 4.98 Å². The summed E-state index contributed by atoms with van der Waals surface area (Å²) in [6, 6.07) is 4.75. The fraction of sp³-hybridized carbons (Fsp3) is 0.308. The summed E-state index contributed by atoms with van der Waals surface area (Å²) in [4.78, 5) is 14.4. The van der Waals surface area contributed by atoms with Crippen molar-refractivity contribution in [3.05, 3.63) is 35.8 Å². The van der Waals surface area contributed by atoms with E-state index in [1.807, 2.05) is 0 Å². The minimum Gasteiger partial charge on any atom is -0.481 e. The molecular formula is C13H12FNO2. The highest BCUT2D eigenvalue weighted by atomic mass is 19.1. The number of benzene rings is 1. The number of hydrogen-bond donors (Lipinski definition) is 2. The molecule has 0 radical (unpaired) electrons. The monoisotopic (exact) mass is 233 g/mol. The third-order valence-corrected chi connectivity index (χ3v) is 3.79. The van der Waals surface area contributed by atoms with Crippen LogP contribution in [0.4, 0.5) is 4.39 Å². The number of H-pyrrole nitrogens is 1. The minimum atomic E-state index is -0.888. The highest BCUT2D eigenvalue weighted by Gasteiger charge is 2.47. The van der Waals surface area contributed by atoms with Crippen LogP contribution in [-0.2, 0) is 10.2 Å². The predicted molar refractivity (Wildman–Crippen MR) is 61.4 cm³/mol. The van der Waals surface area contributed by atoms with Crippen molar-refractivity contribution in [1.29, 1.82) is 0 Å². The normalized spacial score (nSPS) is 17.9. The fourth-order valence-corrected chi connectivity index (χ4v) is 2.65. The van der Waals surface area contributed by atoms with Gasteiger partial charge in [0.25, 0.3) is 0 Å². The van der Waals surface area contributed by atoms with Gasteiger partial charge in [0.05, 0.1) is 5.41 Å². The molecule has 0 amide bonds. The van der Waals surface area contributed by atoms with Gasteiger partial charge in [-0.25, -0.2) is 4.39 Å². The van der Waals surface area contributed by atoms with Crippen molar-refractivity contribution in [2.24, 2.45) is 0 Å². The second-order valence-electron chi connectivity index (χ2n) is 4.61. The Labute approximate surface area is 97.3 Å². The molecule has 1 fully saturated rings. The number of carboxylic acid groups (broad SMARTS) is 1. The summed E-state index contributed by atoms with van der Waals surface area (Å²) in [6.45, 7) is 0. The Morgan fingerprint density at radius 1 is 1.41 bits per heavy atom. The quantitative estimate of drug-likeness (QED) is 0.838. The molecule has 0 unspecified atom stereocenters. The number of hydrogen-bond acceptors (Lipinski definition) is 1. The van der Waals surface area contributed by atoms with Gasteiger partial charge in [-0.15, -0.1) is 0 Å². The summed E-state index contributed by atoms with van der Waals surface area (Å²) in [5.74, 6) is -1.21. The second kappa shape index (κ2) is 3.32. The van der Waals surface area contributed by atoms with Crippen LogP contribution in [-0.4, -0.2) is 16.1 Å². The number of rotatable bonds is 2. The van der Waals surface area contributed by atoms with Gasteiger partial charge in [-0.05, 0) is 30.5 Å². The molecule has 3 nitrogen and oxygen atoms in total. The van der Waals surface area contributed by atoms with E-state index in [9.17, 15) is 14.3 Å². The maximum atomic E-state index is 13.8. The Morgan fingerprint density at radius 3 is 2.76 bits per heavy atom. The molecule has 88 valence electrons. The molecule has 4 heteroatoms. The van der Waals surface area contributed by atoms with E-state index < -0.39 is 11.4 Å². The summed E-state index contributed by atoms with van der Waals surface area (Å²) >= 11 is 0. The predicted octanol–water partition coefficient (Wildman–Crippen LogP) is 2.81. The molecule has 2 N–H and O–H groups in total. The molecule has 2 aromatic rings. The fourth-order valence-electron chi connectivity index (χ4n) is 2.65. The van der Waals surface area contributed by atoms with E-state index in [1.165, 1.54) is 6.07 Å². The van der Waals surface area contributed by atoms with Crippen LogP contribution in [0.2, 0.25) is 0 Å². The van der Waals surface area contributed by atoms with Gasteiger partial charge in [0, 0.05) is 17.1 Å². The molecule has 3 rings (SSSR count). The number of aromatic nitrogens is 1. The lowest BCUT2D eigenvalue weighted by Gasteiger charge is -2.37. The molecule has 1 aliphatic carbocycles. The van der Waals surface area contributed by atoms with Crippen LogP contribution in [0.25, 0.3) is 10.9 Å². The third kappa shape index (κ3) is 1.24. The largest absolute Gasteiger partial charge is 0.481 e. The van der Waals surface area contributed by atoms with Gasteiger partial charge < -0.3 is 10.1 Å². The van der Waals surface area contributed by atoms with Crippen LogP contribution in [0, 0.1) is 5.82 Å². The SMILES string of the molecule is O=C(O)C1(c2c[nH]c3cccc(F)c23)CCC1. The summed E-state index contributed by atoms with van der Waals surface area (Å²) in [5, 5.41) is 9.80. The van der Waals surface area contributed by atoms with Crippen molar-refractivity contribution in [3.63, 3.8) is 0 Å². The van der Waals surface area contributed by atoms with E-state index in [2.05, 4.69) is 4.98 Å². The Bertz CT molecular complexity index is 598. The Morgan fingerprint density at radius 2 is 2.18 bits per heavy atom. The molecule has 1 heterocycles. The zero-order valence-corrected chi connectivity index (χ0v) is 9.16. The smallest absolute Gasteiger partial charge is 0.314 e. The first kappa shape index (κ1) is 10.3. The lowest BCUT2D eigenvalue weighted by atomic mass is 9.64. The molecular weight excluding hydrogens is 221 g/mol. The summed E-state index contributed by atoms with van der Waals surface area (Å²) in [7, 11) is 0. The summed E-state index contributed by atoms with van der Waals surface area (Å²) in [5.41, 5.74) is 0.359. The molecule has 0 bridgehead atoms. The molecule has 0 atom stereocenters. The van der Waals surface area contributed by atoms with Crippen molar-refractivity contribution < 1.29 is 14.3 Å². The number of carboxylic acids is 1. The second-order valence-corrected chi connectivity index (χ2v) is 4.61. The molecule has 1 aromatic heterocycles. The summed E-state index contributed by atoms with van der Waals surface area (Å²) in [6.07, 6.45) is 3.70. The third-order valence-electron chi connectivity index (χ3n) is 3.79. The lowest BCUT2D eigenvalue weighted by molar-refractivity contribution is -0.147. The first-order valence-electron chi connectivity index (χ1n) is 5.65. The molecule has 0 spiro atoms. The average Bonchev–Trinajstić information content (AvgIpc) is 2.61. The first-order chi connectivity index (χ1) is 8.15. The van der Waals surface area contributed by atoms with Crippen LogP contribution in [0.1, 0.15) is 24.8 Å². The number of nitrogens with one attached hydrogen (secondary N) is 1. The molecule has 0 saturated heterocycles. The van der Waals surface area contributed by atoms with Crippen molar-refractivity contribution >= 4 is 16.9 Å². The number of aromatic amines is 1. The van der Waals surface area contributed by atoms with Gasteiger partial charge in [-0.2, -0.15) is 0 Å². The number of fused-ring (bicyclic) bond motifs is 1. The van der Waals surface area contributed by atoms with Gasteiger partial charge >= 0.3 is 5.97 Å². The Kier molecular flexibility index (Phi) is 2.02. The first-order valence-corrected chi connectivity index (χ1v) is 5.65. The zero-order chi connectivity index (χ0) is 12.0. The molecule has 1 saturated carbocycles. The standard InChI is InChI=1S/C13H12FNO2/c14-9-3-1-4-10-11(9)8(7-15-10)13(12(16)17)5-2-6-13/h1,3-4,7,15H,2,5-6H2,(H,16,17). The van der Waals surface area contributed by atoms with Crippen molar-refractivity contribution in [2.75, 3.05) is 0 Å². The highest BCUT2D eigenvalue weighted by molar-refractivity contribution is 5.93. The van der Waals surface area contributed by atoms with Gasteiger partial charge in [0.15, 0.2) is 0 Å². The lowest BCUT2D eigenvalue weighted by Crippen LogP contribution is -2.42. The highest BCUT2D eigenvalue weighted by Crippen LogP contribution is 2.46. The van der Waals surface area contributed by atoms with Crippen LogP contribution in [0.3, 0.4) is 0 Å². The maximum absolute atomic E-state index is 13.8. The number of aliphatic carboxylic acids is 1. The van der Waals surface area contributed by atoms with Crippen LogP contribution < -0.4 is 0 Å². The van der Waals surface area contributed by atoms with Crippen LogP contribution >= 0.6 is 0 Å². The van der Waals surface area contributed by atoms with E-state index >= 15 is 0 Å². The number of carbonyl (C=O) groups is 1. The van der Waals surface area contributed by atoms with Crippen LogP contribution in [0.15, 0.2) is 24.4 Å².